The molecular formula is C14H20O6. The fraction of sp³-hybridized carbons (Fsp3) is 0.429. The van der Waals surface area contributed by atoms with Crippen molar-refractivity contribution in [3.05, 3.63) is 35.4 Å². The first kappa shape index (κ1) is 18.1. The van der Waals surface area contributed by atoms with E-state index in [0.717, 1.165) is 19.3 Å². The summed E-state index contributed by atoms with van der Waals surface area (Å²) in [5.41, 5.74) is 0.310. The Morgan fingerprint density at radius 3 is 2.05 bits per heavy atom. The topological polar surface area (TPSA) is 104 Å². The minimum atomic E-state index is -1.06. The van der Waals surface area contributed by atoms with Crippen molar-refractivity contribution in [3.63, 3.8) is 0 Å². The molecule has 3 N–H and O–H groups in total. The van der Waals surface area contributed by atoms with Gasteiger partial charge in [0.2, 0.25) is 0 Å². The highest BCUT2D eigenvalue weighted by atomic mass is 16.5. The van der Waals surface area contributed by atoms with E-state index in [-0.39, 0.29) is 24.3 Å². The van der Waals surface area contributed by atoms with Crippen LogP contribution in [-0.2, 0) is 4.74 Å². The molecule has 1 rings (SSSR count). The second-order valence-electron chi connectivity index (χ2n) is 3.89. The number of rotatable bonds is 6. The standard InChI is InChI=1S/C9H8O4.C5H12O2/c1-13-9(12)7-4-2-3-6(5-7)8(10)11;6-4-2-1-3-5-7/h2-5H,1H3,(H,10,11);6-7H,1-5H2. The predicted molar refractivity (Wildman–Crippen MR) is 72.8 cm³/mol. The number of aliphatic hydroxyl groups excluding tert-OH is 2. The molecule has 0 aliphatic heterocycles. The van der Waals surface area contributed by atoms with Gasteiger partial charge in [0.15, 0.2) is 0 Å². The van der Waals surface area contributed by atoms with Gasteiger partial charge in [-0.15, -0.1) is 0 Å². The third-order valence-electron chi connectivity index (χ3n) is 2.35. The smallest absolute Gasteiger partial charge is 0.337 e. The highest BCUT2D eigenvalue weighted by molar-refractivity contribution is 5.94. The van der Waals surface area contributed by atoms with Crippen LogP contribution < -0.4 is 0 Å². The molecule has 1 aromatic rings. The molecule has 20 heavy (non-hydrogen) atoms. The molecule has 0 aliphatic rings. The minimum absolute atomic E-state index is 0.0721. The van der Waals surface area contributed by atoms with Gasteiger partial charge in [0, 0.05) is 13.2 Å². The van der Waals surface area contributed by atoms with Crippen LogP contribution in [0.2, 0.25) is 0 Å². The van der Waals surface area contributed by atoms with Crippen LogP contribution in [0.25, 0.3) is 0 Å². The second kappa shape index (κ2) is 11.0. The lowest BCUT2D eigenvalue weighted by molar-refractivity contribution is 0.0600. The zero-order chi connectivity index (χ0) is 15.4. The molecule has 0 aliphatic carbocycles. The summed E-state index contributed by atoms with van der Waals surface area (Å²) in [6, 6.07) is 5.68. The third kappa shape index (κ3) is 7.50. The molecule has 0 unspecified atom stereocenters. The average Bonchev–Trinajstić information content (AvgIpc) is 2.47. The lowest BCUT2D eigenvalue weighted by atomic mass is 10.1. The number of carboxylic acid groups (broad SMARTS) is 1. The Bertz CT molecular complexity index is 412. The van der Waals surface area contributed by atoms with E-state index in [1.807, 2.05) is 0 Å². The van der Waals surface area contributed by atoms with Gasteiger partial charge >= 0.3 is 11.9 Å². The number of benzene rings is 1. The average molecular weight is 284 g/mol. The maximum absolute atomic E-state index is 11.0. The maximum atomic E-state index is 11.0. The second-order valence-corrected chi connectivity index (χ2v) is 3.89. The summed E-state index contributed by atoms with van der Waals surface area (Å²) in [7, 11) is 1.25. The molecule has 0 saturated heterocycles. The molecule has 112 valence electrons. The number of unbranched alkanes of at least 4 members (excludes halogenated alkanes) is 2. The molecule has 0 saturated carbocycles. The van der Waals surface area contributed by atoms with Crippen LogP contribution in [0.3, 0.4) is 0 Å². The van der Waals surface area contributed by atoms with Gasteiger partial charge in [0.05, 0.1) is 18.2 Å². The molecule has 0 amide bonds. The Morgan fingerprint density at radius 1 is 1.05 bits per heavy atom. The first-order valence-corrected chi connectivity index (χ1v) is 6.20. The van der Waals surface area contributed by atoms with Crippen molar-refractivity contribution in [3.8, 4) is 0 Å². The van der Waals surface area contributed by atoms with Crippen LogP contribution in [-0.4, -0.2) is 47.6 Å². The van der Waals surface area contributed by atoms with Crippen molar-refractivity contribution < 1.29 is 29.6 Å². The lowest BCUT2D eigenvalue weighted by Gasteiger charge is -1.99. The summed E-state index contributed by atoms with van der Waals surface area (Å²) < 4.78 is 4.44. The summed E-state index contributed by atoms with van der Waals surface area (Å²) in [4.78, 5) is 21.5. The molecule has 6 nitrogen and oxygen atoms in total. The Morgan fingerprint density at radius 2 is 1.60 bits per heavy atom. The van der Waals surface area contributed by atoms with E-state index in [2.05, 4.69) is 4.74 Å². The van der Waals surface area contributed by atoms with Crippen LogP contribution >= 0.6 is 0 Å². The molecule has 6 heteroatoms. The number of ether oxygens (including phenoxy) is 1. The van der Waals surface area contributed by atoms with Gasteiger partial charge in [-0.05, 0) is 37.5 Å². The molecule has 0 bridgehead atoms. The Hall–Kier alpha value is -1.92. The Kier molecular flexibility index (Phi) is 9.90. The van der Waals surface area contributed by atoms with Crippen LogP contribution in [0.5, 0.6) is 0 Å². The number of aliphatic hydroxyl groups is 2. The molecule has 0 spiro atoms. The monoisotopic (exact) mass is 284 g/mol. The van der Waals surface area contributed by atoms with Gasteiger partial charge in [0.1, 0.15) is 0 Å². The number of carboxylic acids is 1. The molecule has 0 heterocycles. The van der Waals surface area contributed by atoms with E-state index in [1.165, 1.54) is 31.4 Å². The fourth-order valence-electron chi connectivity index (χ4n) is 1.30. The highest BCUT2D eigenvalue weighted by Crippen LogP contribution is 2.06. The predicted octanol–water partition coefficient (Wildman–Crippen LogP) is 1.31. The quantitative estimate of drug-likeness (QED) is 0.537. The normalized spacial score (nSPS) is 9.35. The van der Waals surface area contributed by atoms with Gasteiger partial charge in [-0.3, -0.25) is 0 Å². The molecule has 1 aromatic carbocycles. The van der Waals surface area contributed by atoms with E-state index in [1.54, 1.807) is 0 Å². The van der Waals surface area contributed by atoms with E-state index in [9.17, 15) is 9.59 Å². The summed E-state index contributed by atoms with van der Waals surface area (Å²) in [5.74, 6) is -1.60. The van der Waals surface area contributed by atoms with Crippen molar-refractivity contribution in [2.45, 2.75) is 19.3 Å². The summed E-state index contributed by atoms with van der Waals surface area (Å²) in [6.45, 7) is 0.500. The van der Waals surface area contributed by atoms with Crippen molar-refractivity contribution in [2.24, 2.45) is 0 Å². The van der Waals surface area contributed by atoms with Gasteiger partial charge < -0.3 is 20.1 Å². The summed E-state index contributed by atoms with van der Waals surface area (Å²) >= 11 is 0. The van der Waals surface area contributed by atoms with E-state index in [4.69, 9.17) is 15.3 Å². The minimum Gasteiger partial charge on any atom is -0.478 e. The number of carbonyl (C=O) groups excluding carboxylic acids is 1. The van der Waals surface area contributed by atoms with Gasteiger partial charge in [-0.25, -0.2) is 9.59 Å². The Balaban J connectivity index is 0.000000441. The van der Waals surface area contributed by atoms with Crippen LogP contribution in [0.15, 0.2) is 24.3 Å². The van der Waals surface area contributed by atoms with Crippen LogP contribution in [0.1, 0.15) is 40.0 Å². The van der Waals surface area contributed by atoms with Crippen LogP contribution in [0.4, 0.5) is 0 Å². The van der Waals surface area contributed by atoms with Gasteiger partial charge in [-0.1, -0.05) is 6.07 Å². The summed E-state index contributed by atoms with van der Waals surface area (Å²) in [5, 5.41) is 25.0. The van der Waals surface area contributed by atoms with Crippen molar-refractivity contribution in [2.75, 3.05) is 20.3 Å². The number of carbonyl (C=O) groups is 2. The zero-order valence-corrected chi connectivity index (χ0v) is 11.4. The first-order chi connectivity index (χ1) is 9.56. The summed E-state index contributed by atoms with van der Waals surface area (Å²) in [6.07, 6.45) is 2.58. The Labute approximate surface area is 117 Å². The SMILES string of the molecule is COC(=O)c1cccc(C(=O)O)c1.OCCCCCO. The van der Waals surface area contributed by atoms with Crippen molar-refractivity contribution in [1.29, 1.82) is 0 Å². The first-order valence-electron chi connectivity index (χ1n) is 6.20. The number of hydrogen-bond donors (Lipinski definition) is 3. The molecule has 0 atom stereocenters. The molecule has 0 fully saturated rings. The highest BCUT2D eigenvalue weighted by Gasteiger charge is 2.08. The van der Waals surface area contributed by atoms with E-state index in [0.29, 0.717) is 0 Å². The van der Waals surface area contributed by atoms with E-state index < -0.39 is 11.9 Å². The maximum Gasteiger partial charge on any atom is 0.337 e. The number of aromatic carboxylic acids is 1. The number of hydrogen-bond acceptors (Lipinski definition) is 5. The zero-order valence-electron chi connectivity index (χ0n) is 11.4. The number of esters is 1. The molecule has 0 radical (unpaired) electrons. The van der Waals surface area contributed by atoms with Gasteiger partial charge in [0.25, 0.3) is 0 Å². The lowest BCUT2D eigenvalue weighted by Crippen LogP contribution is -2.03. The molecule has 0 aromatic heterocycles. The molecular weight excluding hydrogens is 264 g/mol. The largest absolute Gasteiger partial charge is 0.478 e. The van der Waals surface area contributed by atoms with Crippen LogP contribution in [0, 0.1) is 0 Å². The van der Waals surface area contributed by atoms with E-state index >= 15 is 0 Å². The third-order valence-corrected chi connectivity index (χ3v) is 2.35. The fourth-order valence-corrected chi connectivity index (χ4v) is 1.30. The van der Waals surface area contributed by atoms with Gasteiger partial charge in [-0.2, -0.15) is 0 Å². The number of methoxy groups -OCH3 is 1. The van der Waals surface area contributed by atoms with Crippen molar-refractivity contribution >= 4 is 11.9 Å². The van der Waals surface area contributed by atoms with Crippen molar-refractivity contribution in [1.82, 2.24) is 0 Å².